The van der Waals surface area contributed by atoms with Crippen molar-refractivity contribution in [3.05, 3.63) is 18.0 Å². The Bertz CT molecular complexity index is 1190. The molecule has 1 saturated carbocycles. The van der Waals surface area contributed by atoms with E-state index in [2.05, 4.69) is 20.2 Å². The molecule has 2 aliphatic heterocycles. The van der Waals surface area contributed by atoms with E-state index in [-0.39, 0.29) is 29.3 Å². The molecule has 2 fully saturated rings. The first kappa shape index (κ1) is 24.5. The molecule has 2 aromatic heterocycles. The molecular weight excluding hydrogens is 460 g/mol. The number of rotatable bonds is 2. The van der Waals surface area contributed by atoms with Crippen molar-refractivity contribution in [3.8, 4) is 0 Å². The van der Waals surface area contributed by atoms with Gasteiger partial charge < -0.3 is 19.5 Å². The number of carbonyl (C=O) groups excluding carboxylic acids is 3. The highest BCUT2D eigenvalue weighted by molar-refractivity contribution is 5.99. The van der Waals surface area contributed by atoms with Crippen molar-refractivity contribution in [2.45, 2.75) is 89.8 Å². The fourth-order valence-electron chi connectivity index (χ4n) is 6.00. The highest BCUT2D eigenvalue weighted by atomic mass is 16.6. The van der Waals surface area contributed by atoms with E-state index in [1.165, 1.54) is 6.42 Å². The van der Waals surface area contributed by atoms with Crippen molar-refractivity contribution in [2.75, 3.05) is 18.4 Å². The molecule has 0 unspecified atom stereocenters. The molecule has 0 aromatic carbocycles. The Hall–Kier alpha value is -3.17. The summed E-state index contributed by atoms with van der Waals surface area (Å²) >= 11 is 0. The second-order valence-electron chi connectivity index (χ2n) is 11.5. The number of fused-ring (bicyclic) bond motifs is 4. The number of nitrogens with zero attached hydrogens (tertiary/aromatic N) is 4. The van der Waals surface area contributed by atoms with Gasteiger partial charge in [-0.3, -0.25) is 14.9 Å². The van der Waals surface area contributed by atoms with Crippen molar-refractivity contribution >= 4 is 34.9 Å². The van der Waals surface area contributed by atoms with Gasteiger partial charge in [0.2, 0.25) is 11.9 Å². The van der Waals surface area contributed by atoms with E-state index in [4.69, 9.17) is 9.72 Å². The standard InChI is InChI=1S/C26H36N6O4/c1-16-18(9-8-12-31(16)24(35)36-25(2,3)4)21(33)30-23-27-14-17-13-19-22(34)28-15-26(10-6-5-7-11-26)32(19)20(17)29-23/h13-14,16,18H,5-12,15H2,1-4H3,(H,28,34)(H,27,29,30,33)/t16-,18-/m1/s1. The van der Waals surface area contributed by atoms with Crippen LogP contribution in [0.2, 0.25) is 0 Å². The SMILES string of the molecule is C[C@@H]1[C@H](C(=O)Nc2ncc3cc4n(c3n2)C2(CCCCC2)CNC4=O)CCCN1C(=O)OC(C)(C)C. The van der Waals surface area contributed by atoms with Gasteiger partial charge in [-0.2, -0.15) is 4.98 Å². The summed E-state index contributed by atoms with van der Waals surface area (Å²) in [6, 6.07) is 1.53. The van der Waals surface area contributed by atoms with Crippen LogP contribution < -0.4 is 10.6 Å². The molecule has 36 heavy (non-hydrogen) atoms. The first-order valence-corrected chi connectivity index (χ1v) is 13.1. The van der Waals surface area contributed by atoms with Gasteiger partial charge in [0.25, 0.3) is 5.91 Å². The van der Waals surface area contributed by atoms with Crippen molar-refractivity contribution in [2.24, 2.45) is 5.92 Å². The molecule has 194 valence electrons. The summed E-state index contributed by atoms with van der Waals surface area (Å²) in [5.41, 5.74) is 0.493. The molecule has 10 heteroatoms. The summed E-state index contributed by atoms with van der Waals surface area (Å²) in [7, 11) is 0. The Morgan fingerprint density at radius 3 is 2.67 bits per heavy atom. The van der Waals surface area contributed by atoms with Crippen LogP contribution in [0.15, 0.2) is 12.3 Å². The third kappa shape index (κ3) is 4.41. The van der Waals surface area contributed by atoms with Crippen LogP contribution in [0, 0.1) is 5.92 Å². The minimum absolute atomic E-state index is 0.104. The number of hydrogen-bond acceptors (Lipinski definition) is 6. The number of ether oxygens (including phenoxy) is 1. The van der Waals surface area contributed by atoms with Gasteiger partial charge in [0.05, 0.1) is 11.5 Å². The van der Waals surface area contributed by atoms with Gasteiger partial charge in [-0.05, 0) is 59.4 Å². The normalized spacial score (nSPS) is 23.8. The van der Waals surface area contributed by atoms with Crippen molar-refractivity contribution in [1.82, 2.24) is 24.8 Å². The van der Waals surface area contributed by atoms with Crippen LogP contribution in [0.25, 0.3) is 11.0 Å². The van der Waals surface area contributed by atoms with Crippen LogP contribution in [-0.2, 0) is 15.1 Å². The smallest absolute Gasteiger partial charge is 0.410 e. The highest BCUT2D eigenvalue weighted by Crippen LogP contribution is 2.40. The average molecular weight is 497 g/mol. The molecule has 5 rings (SSSR count). The quantitative estimate of drug-likeness (QED) is 0.653. The lowest BCUT2D eigenvalue weighted by molar-refractivity contribution is -0.123. The molecule has 3 aliphatic rings. The fraction of sp³-hybridized carbons (Fsp3) is 0.654. The van der Waals surface area contributed by atoms with Gasteiger partial charge in [-0.15, -0.1) is 0 Å². The zero-order chi connectivity index (χ0) is 25.7. The predicted molar refractivity (Wildman–Crippen MR) is 135 cm³/mol. The van der Waals surface area contributed by atoms with Crippen molar-refractivity contribution in [1.29, 1.82) is 0 Å². The van der Waals surface area contributed by atoms with Crippen LogP contribution in [0.1, 0.15) is 83.1 Å². The molecule has 2 atom stereocenters. The van der Waals surface area contributed by atoms with Gasteiger partial charge in [0, 0.05) is 30.7 Å². The summed E-state index contributed by atoms with van der Waals surface area (Å²) in [6.07, 6.45) is 8.02. The lowest BCUT2D eigenvalue weighted by Crippen LogP contribution is -2.52. The fourth-order valence-corrected chi connectivity index (χ4v) is 6.00. The number of likely N-dealkylation sites (tertiary alicyclic amines) is 1. The van der Waals surface area contributed by atoms with E-state index in [0.717, 1.165) is 31.1 Å². The summed E-state index contributed by atoms with van der Waals surface area (Å²) < 4.78 is 7.63. The number of carbonyl (C=O) groups is 3. The Morgan fingerprint density at radius 1 is 1.19 bits per heavy atom. The maximum Gasteiger partial charge on any atom is 0.410 e. The summed E-state index contributed by atoms with van der Waals surface area (Å²) in [5.74, 6) is -0.507. The van der Waals surface area contributed by atoms with Gasteiger partial charge in [-0.25, -0.2) is 9.78 Å². The minimum Gasteiger partial charge on any atom is -0.444 e. The maximum atomic E-state index is 13.3. The van der Waals surface area contributed by atoms with E-state index in [9.17, 15) is 14.4 Å². The molecule has 0 bridgehead atoms. The van der Waals surface area contributed by atoms with Crippen molar-refractivity contribution in [3.63, 3.8) is 0 Å². The second kappa shape index (κ2) is 9.05. The van der Waals surface area contributed by atoms with E-state index in [0.29, 0.717) is 37.3 Å². The molecule has 2 N–H and O–H groups in total. The third-order valence-electron chi connectivity index (χ3n) is 7.80. The average Bonchev–Trinajstić information content (AvgIpc) is 3.22. The van der Waals surface area contributed by atoms with Crippen LogP contribution >= 0.6 is 0 Å². The molecule has 3 amide bonds. The Morgan fingerprint density at radius 2 is 1.94 bits per heavy atom. The van der Waals surface area contributed by atoms with E-state index in [1.807, 2.05) is 33.8 Å². The first-order chi connectivity index (χ1) is 17.1. The van der Waals surface area contributed by atoms with Gasteiger partial charge in [0.1, 0.15) is 16.9 Å². The largest absolute Gasteiger partial charge is 0.444 e. The summed E-state index contributed by atoms with van der Waals surface area (Å²) in [5, 5.41) is 6.73. The number of amides is 3. The number of hydrogen-bond donors (Lipinski definition) is 2. The summed E-state index contributed by atoms with van der Waals surface area (Å²) in [4.78, 5) is 49.4. The zero-order valence-corrected chi connectivity index (χ0v) is 21.6. The van der Waals surface area contributed by atoms with Crippen LogP contribution in [0.3, 0.4) is 0 Å². The Balaban J connectivity index is 1.39. The number of aromatic nitrogens is 3. The predicted octanol–water partition coefficient (Wildman–Crippen LogP) is 3.81. The molecule has 1 aliphatic carbocycles. The molecule has 1 saturated heterocycles. The lowest BCUT2D eigenvalue weighted by atomic mass is 9.80. The van der Waals surface area contributed by atoms with Crippen LogP contribution in [-0.4, -0.2) is 62.1 Å². The molecule has 1 spiro atoms. The van der Waals surface area contributed by atoms with E-state index < -0.39 is 17.6 Å². The second-order valence-corrected chi connectivity index (χ2v) is 11.5. The van der Waals surface area contributed by atoms with Gasteiger partial charge in [-0.1, -0.05) is 19.3 Å². The minimum atomic E-state index is -0.599. The third-order valence-corrected chi connectivity index (χ3v) is 7.80. The number of nitrogens with one attached hydrogen (secondary N) is 2. The van der Waals surface area contributed by atoms with Crippen molar-refractivity contribution < 1.29 is 19.1 Å². The summed E-state index contributed by atoms with van der Waals surface area (Å²) in [6.45, 7) is 8.53. The zero-order valence-electron chi connectivity index (χ0n) is 21.6. The molecule has 10 nitrogen and oxygen atoms in total. The van der Waals surface area contributed by atoms with Crippen LogP contribution in [0.5, 0.6) is 0 Å². The maximum absolute atomic E-state index is 13.3. The molecule has 2 aromatic rings. The van der Waals surface area contributed by atoms with Crippen LogP contribution in [0.4, 0.5) is 10.7 Å². The Kier molecular flexibility index (Phi) is 6.16. The number of anilines is 1. The van der Waals surface area contributed by atoms with E-state index >= 15 is 0 Å². The van der Waals surface area contributed by atoms with Gasteiger partial charge >= 0.3 is 6.09 Å². The molecule has 4 heterocycles. The van der Waals surface area contributed by atoms with Gasteiger partial charge in [0.15, 0.2) is 0 Å². The van der Waals surface area contributed by atoms with E-state index in [1.54, 1.807) is 11.1 Å². The first-order valence-electron chi connectivity index (χ1n) is 13.1. The number of piperidine rings is 1. The molecule has 0 radical (unpaired) electrons. The Labute approximate surface area is 211 Å². The topological polar surface area (TPSA) is 118 Å². The monoisotopic (exact) mass is 496 g/mol. The highest BCUT2D eigenvalue weighted by Gasteiger charge is 2.42. The lowest BCUT2D eigenvalue weighted by Gasteiger charge is -2.42. The molecular formula is C26H36N6O4.